The summed E-state index contributed by atoms with van der Waals surface area (Å²) in [6.07, 6.45) is 16.3. The van der Waals surface area contributed by atoms with Gasteiger partial charge in [0, 0.05) is 13.2 Å². The largest absolute Gasteiger partial charge is 1.00 e. The molecule has 0 heterocycles. The first-order valence-electron chi connectivity index (χ1n) is 9.15. The molecular formula is C18H36Na2O3. The van der Waals surface area contributed by atoms with Crippen LogP contribution in [0.15, 0.2) is 0 Å². The van der Waals surface area contributed by atoms with E-state index in [1.165, 1.54) is 64.2 Å². The smallest absolute Gasteiger partial charge is 0.854 e. The Labute approximate surface area is 188 Å². The number of ether oxygens (including phenoxy) is 1. The van der Waals surface area contributed by atoms with Crippen LogP contribution >= 0.6 is 0 Å². The van der Waals surface area contributed by atoms with Crippen molar-refractivity contribution in [2.45, 2.75) is 89.9 Å². The van der Waals surface area contributed by atoms with Crippen molar-refractivity contribution in [2.24, 2.45) is 0 Å². The van der Waals surface area contributed by atoms with Crippen LogP contribution in [0.2, 0.25) is 0 Å². The number of hydrogen-bond donors (Lipinski definition) is 0. The molecule has 0 aliphatic carbocycles. The van der Waals surface area contributed by atoms with Crippen LogP contribution in [0, 0.1) is 0 Å². The Balaban J connectivity index is -0.00000200. The van der Waals surface area contributed by atoms with Gasteiger partial charge >= 0.3 is 59.1 Å². The molecule has 0 aliphatic heterocycles. The van der Waals surface area contributed by atoms with E-state index in [1.54, 1.807) is 0 Å². The van der Waals surface area contributed by atoms with Gasteiger partial charge in [0.1, 0.15) is 0 Å². The molecule has 0 rings (SSSR count). The number of hydrogen-bond acceptors (Lipinski definition) is 3. The molecule has 0 amide bonds. The molecule has 3 nitrogen and oxygen atoms in total. The zero-order valence-electron chi connectivity index (χ0n) is 16.0. The molecule has 0 aromatic rings. The third-order valence-electron chi connectivity index (χ3n) is 3.87. The molecule has 0 bridgehead atoms. The maximum absolute atomic E-state index is 10.3. The van der Waals surface area contributed by atoms with Crippen LogP contribution in [0.5, 0.6) is 0 Å². The Kier molecular flexibility index (Phi) is 36.9. The van der Waals surface area contributed by atoms with Crippen LogP contribution < -0.4 is 69.3 Å². The zero-order chi connectivity index (χ0) is 15.4. The normalized spacial score (nSPS) is 10.2. The summed E-state index contributed by atoms with van der Waals surface area (Å²) in [7, 11) is 0. The van der Waals surface area contributed by atoms with Crippen molar-refractivity contribution >= 4 is 0 Å². The van der Waals surface area contributed by atoms with Crippen molar-refractivity contribution in [1.29, 1.82) is 0 Å². The molecular weight excluding hydrogens is 310 g/mol. The third kappa shape index (κ3) is 28.9. The van der Waals surface area contributed by atoms with E-state index in [9.17, 15) is 10.2 Å². The summed E-state index contributed by atoms with van der Waals surface area (Å²) in [5.74, 6) is 0. The fraction of sp³-hybridized carbons (Fsp3) is 1.00. The van der Waals surface area contributed by atoms with Crippen molar-refractivity contribution in [3.8, 4) is 0 Å². The Bertz CT molecular complexity index is 166. The van der Waals surface area contributed by atoms with E-state index in [0.717, 1.165) is 38.9 Å². The van der Waals surface area contributed by atoms with E-state index in [2.05, 4.69) is 0 Å². The molecule has 128 valence electrons. The average molecular weight is 346 g/mol. The fourth-order valence-electron chi connectivity index (χ4n) is 2.48. The second-order valence-electron chi connectivity index (χ2n) is 5.97. The van der Waals surface area contributed by atoms with Crippen molar-refractivity contribution in [3.05, 3.63) is 0 Å². The van der Waals surface area contributed by atoms with Gasteiger partial charge in [0.25, 0.3) is 0 Å². The van der Waals surface area contributed by atoms with Crippen LogP contribution in [0.4, 0.5) is 0 Å². The molecule has 23 heavy (non-hydrogen) atoms. The molecule has 0 fully saturated rings. The summed E-state index contributed by atoms with van der Waals surface area (Å²) in [6.45, 7) is 2.00. The first-order valence-corrected chi connectivity index (χ1v) is 9.15. The molecule has 0 unspecified atom stereocenters. The van der Waals surface area contributed by atoms with Gasteiger partial charge in [-0.25, -0.2) is 0 Å². The van der Waals surface area contributed by atoms with Gasteiger partial charge < -0.3 is 14.9 Å². The quantitative estimate of drug-likeness (QED) is 0.199. The SMILES string of the molecule is [Na+].[Na+].[O-]CCCCCCCCCOCCCCCCCCC[O-]. The molecule has 0 radical (unpaired) electrons. The minimum Gasteiger partial charge on any atom is -0.854 e. The van der Waals surface area contributed by atoms with E-state index < -0.39 is 0 Å². The van der Waals surface area contributed by atoms with Crippen LogP contribution in [0.1, 0.15) is 89.9 Å². The summed E-state index contributed by atoms with van der Waals surface area (Å²) in [4.78, 5) is 0. The van der Waals surface area contributed by atoms with E-state index in [-0.39, 0.29) is 72.3 Å². The number of rotatable bonds is 18. The fourth-order valence-corrected chi connectivity index (χ4v) is 2.48. The third-order valence-corrected chi connectivity index (χ3v) is 3.87. The Morgan fingerprint density at radius 1 is 0.391 bits per heavy atom. The Hall–Kier alpha value is 1.88. The molecule has 0 spiro atoms. The van der Waals surface area contributed by atoms with Crippen LogP contribution in [0.25, 0.3) is 0 Å². The second kappa shape index (κ2) is 28.7. The van der Waals surface area contributed by atoms with Gasteiger partial charge in [-0.1, -0.05) is 77.0 Å². The minimum atomic E-state index is 0. The van der Waals surface area contributed by atoms with Crippen LogP contribution in [-0.2, 0) is 4.74 Å². The van der Waals surface area contributed by atoms with Crippen molar-refractivity contribution in [3.63, 3.8) is 0 Å². The van der Waals surface area contributed by atoms with Crippen molar-refractivity contribution < 1.29 is 74.1 Å². The predicted octanol–water partition coefficient (Wildman–Crippen LogP) is -2.81. The maximum Gasteiger partial charge on any atom is 1.00 e. The van der Waals surface area contributed by atoms with Gasteiger partial charge in [0.15, 0.2) is 0 Å². The van der Waals surface area contributed by atoms with Gasteiger partial charge in [-0.15, -0.1) is 13.2 Å². The topological polar surface area (TPSA) is 55.3 Å². The Morgan fingerprint density at radius 2 is 0.652 bits per heavy atom. The zero-order valence-corrected chi connectivity index (χ0v) is 20.0. The van der Waals surface area contributed by atoms with Gasteiger partial charge in [-0.2, -0.15) is 0 Å². The standard InChI is InChI=1S/C18H36O3.2Na/c19-15-11-7-3-1-5-9-13-17-21-18-14-10-6-2-4-8-12-16-20;;/h1-18H2;;/q-2;2*+1. The van der Waals surface area contributed by atoms with Crippen LogP contribution in [-0.4, -0.2) is 26.4 Å². The Morgan fingerprint density at radius 3 is 0.957 bits per heavy atom. The minimum absolute atomic E-state index is 0. The van der Waals surface area contributed by atoms with Gasteiger partial charge in [-0.05, 0) is 12.8 Å². The number of unbranched alkanes of at least 4 members (excludes halogenated alkanes) is 12. The summed E-state index contributed by atoms with van der Waals surface area (Å²) in [6, 6.07) is 0. The molecule has 0 saturated heterocycles. The molecule has 0 N–H and O–H groups in total. The van der Waals surface area contributed by atoms with Gasteiger partial charge in [0.05, 0.1) is 0 Å². The van der Waals surface area contributed by atoms with E-state index >= 15 is 0 Å². The molecule has 0 aromatic heterocycles. The summed E-state index contributed by atoms with van der Waals surface area (Å²) < 4.78 is 5.64. The van der Waals surface area contributed by atoms with Crippen molar-refractivity contribution in [1.82, 2.24) is 0 Å². The van der Waals surface area contributed by atoms with Gasteiger partial charge in [-0.3, -0.25) is 0 Å². The molecule has 0 aromatic carbocycles. The predicted molar refractivity (Wildman–Crippen MR) is 85.2 cm³/mol. The van der Waals surface area contributed by atoms with E-state index in [4.69, 9.17) is 4.74 Å². The molecule has 5 heteroatoms. The molecule has 0 saturated carbocycles. The van der Waals surface area contributed by atoms with Crippen LogP contribution in [0.3, 0.4) is 0 Å². The summed E-state index contributed by atoms with van der Waals surface area (Å²) in [5.41, 5.74) is 0. The maximum atomic E-state index is 10.3. The first-order chi connectivity index (χ1) is 10.4. The van der Waals surface area contributed by atoms with E-state index in [0.29, 0.717) is 0 Å². The first kappa shape index (κ1) is 29.6. The van der Waals surface area contributed by atoms with Gasteiger partial charge in [0.2, 0.25) is 0 Å². The summed E-state index contributed by atoms with van der Waals surface area (Å²) in [5, 5.41) is 20.5. The van der Waals surface area contributed by atoms with Crippen molar-refractivity contribution in [2.75, 3.05) is 26.4 Å². The summed E-state index contributed by atoms with van der Waals surface area (Å²) >= 11 is 0. The molecule has 0 aliphatic rings. The van der Waals surface area contributed by atoms with E-state index in [1.807, 2.05) is 0 Å². The molecule has 0 atom stereocenters. The average Bonchev–Trinajstić information content (AvgIpc) is 2.50. The second-order valence-corrected chi connectivity index (χ2v) is 5.97. The monoisotopic (exact) mass is 346 g/mol.